The van der Waals surface area contributed by atoms with Crippen LogP contribution in [0.4, 0.5) is 0 Å². The third-order valence-corrected chi connectivity index (χ3v) is 22.2. The van der Waals surface area contributed by atoms with Crippen LogP contribution in [0.25, 0.3) is 0 Å². The number of carbonyl (C=O) groups excluding carboxylic acids is 7. The lowest BCUT2D eigenvalue weighted by atomic mass is 9.84. The number of likely N-dealkylation sites (tertiary alicyclic amines) is 1. The van der Waals surface area contributed by atoms with E-state index in [0.29, 0.717) is 181 Å². The lowest BCUT2D eigenvalue weighted by Crippen LogP contribution is -2.55. The molecule has 3 amide bonds. The molecule has 4 saturated heterocycles. The monoisotopic (exact) mass is 1630 g/mol. The van der Waals surface area contributed by atoms with Gasteiger partial charge in [-0.2, -0.15) is 0 Å². The number of ether oxygens (including phenoxy) is 10. The van der Waals surface area contributed by atoms with Gasteiger partial charge in [0.1, 0.15) is 59.8 Å². The first kappa shape index (κ1) is 103. The smallest absolute Gasteiger partial charge is 0.222 e. The lowest BCUT2D eigenvalue weighted by molar-refractivity contribution is -0.282. The van der Waals surface area contributed by atoms with Crippen molar-refractivity contribution in [2.45, 2.75) is 364 Å². The Bertz CT molecular complexity index is 2410. The largest absolute Gasteiger partial charge is 0.394 e. The maximum absolute atomic E-state index is 13.3. The van der Waals surface area contributed by atoms with Crippen molar-refractivity contribution >= 4 is 40.9 Å². The molecule has 4 heterocycles. The van der Waals surface area contributed by atoms with Gasteiger partial charge in [-0.25, -0.2) is 0 Å². The molecule has 0 aromatic rings. The number of hydrogen-bond donors (Lipinski definition) is 12. The van der Waals surface area contributed by atoms with E-state index in [-0.39, 0.29) is 124 Å². The van der Waals surface area contributed by atoms with Crippen LogP contribution in [-0.2, 0) is 80.9 Å². The minimum Gasteiger partial charge on any atom is -0.394 e. The first-order chi connectivity index (χ1) is 54.6. The van der Waals surface area contributed by atoms with Crippen molar-refractivity contribution in [2.75, 3.05) is 106 Å². The predicted molar refractivity (Wildman–Crippen MR) is 423 cm³/mol. The second-order valence-corrected chi connectivity index (χ2v) is 33.5. The van der Waals surface area contributed by atoms with Gasteiger partial charge < -0.3 is 114 Å². The van der Waals surface area contributed by atoms with Gasteiger partial charge in [0.05, 0.1) is 102 Å². The van der Waals surface area contributed by atoms with Gasteiger partial charge in [0, 0.05) is 133 Å². The highest BCUT2D eigenvalue weighted by molar-refractivity contribution is 5.80. The highest BCUT2D eigenvalue weighted by Crippen LogP contribution is 2.33. The summed E-state index contributed by atoms with van der Waals surface area (Å²) in [6, 6.07) is -0.110. The van der Waals surface area contributed by atoms with Crippen LogP contribution in [0.2, 0.25) is 0 Å². The number of nitrogens with zero attached hydrogens (tertiary/aromatic N) is 1. The molecule has 12 N–H and O–H groups in total. The molecular weight excluding hydrogens is 1480 g/mol. The normalized spacial score (nSPS) is 26.5. The fourth-order valence-corrected chi connectivity index (χ4v) is 14.7. The summed E-state index contributed by atoms with van der Waals surface area (Å²) in [7, 11) is 0. The van der Waals surface area contributed by atoms with Gasteiger partial charge in [-0.15, -0.1) is 0 Å². The van der Waals surface area contributed by atoms with Crippen molar-refractivity contribution < 1.29 is 132 Å². The fraction of sp³-hybridized carbons (Fsp3) is 0.917. The zero-order valence-electron chi connectivity index (χ0n) is 69.9. The Kier molecular flexibility index (Phi) is 53.2. The molecule has 0 bridgehead atoms. The van der Waals surface area contributed by atoms with E-state index >= 15 is 0 Å². The zero-order chi connectivity index (χ0) is 83.7. The molecule has 0 aromatic carbocycles. The zero-order valence-corrected chi connectivity index (χ0v) is 69.9. The fourth-order valence-electron chi connectivity index (χ4n) is 14.7. The van der Waals surface area contributed by atoms with Crippen molar-refractivity contribution in [1.82, 2.24) is 15.5 Å². The summed E-state index contributed by atoms with van der Waals surface area (Å²) in [4.78, 5) is 92.7. The number of Topliss-reactive ketones (excluding diaryl/α,β-unsaturated/α-hetero) is 4. The molecule has 0 radical (unpaired) electrons. The Morgan fingerprint density at radius 1 is 0.386 bits per heavy atom. The molecule has 4 fully saturated rings. The SMILES string of the molecule is CC1C(OCCCCC(=O)CCCCCC(=O)CCOCC(CCCCCCCCCCCCC(=O)N2C[C@H](O)C[C@H]2COC(C)(C)C)(COCCC(=O)CCCCCC(=O)CCCCOC2OC(CO)C(O)C(O)C2C)COCCC(=O)NCCCNC(=O)CCCCOC2OC(CO)C(O)C(O)C2C)OC(CO)C(O)C1O. The Balaban J connectivity index is 1.26. The first-order valence-corrected chi connectivity index (χ1v) is 43.3. The number of carbonyl (C=O) groups is 7. The summed E-state index contributed by atoms with van der Waals surface area (Å²) >= 11 is 0. The predicted octanol–water partition coefficient (Wildman–Crippen LogP) is 6.24. The maximum atomic E-state index is 13.3. The second kappa shape index (κ2) is 59.1. The summed E-state index contributed by atoms with van der Waals surface area (Å²) < 4.78 is 59.2. The number of ketones is 4. The van der Waals surface area contributed by atoms with Crippen molar-refractivity contribution in [3.05, 3.63) is 0 Å². The van der Waals surface area contributed by atoms with E-state index < -0.39 is 123 Å². The van der Waals surface area contributed by atoms with E-state index in [4.69, 9.17) is 47.4 Å². The van der Waals surface area contributed by atoms with Crippen LogP contribution in [0, 0.1) is 23.2 Å². The molecule has 4 aliphatic rings. The average molecular weight is 1640 g/mol. The van der Waals surface area contributed by atoms with Gasteiger partial charge in [-0.1, -0.05) is 91.4 Å². The van der Waals surface area contributed by atoms with Crippen LogP contribution < -0.4 is 10.6 Å². The first-order valence-electron chi connectivity index (χ1n) is 43.3. The molecule has 4 rings (SSSR count). The van der Waals surface area contributed by atoms with E-state index in [2.05, 4.69) is 10.6 Å². The molecule has 0 aromatic heterocycles. The minimum absolute atomic E-state index is 0.0398. The Labute approximate surface area is 678 Å². The number of unbranched alkanes of at least 4 members (excludes halogenated alkanes) is 16. The number of amides is 3. The Morgan fingerprint density at radius 3 is 1.10 bits per heavy atom. The Hall–Kier alpha value is -3.71. The van der Waals surface area contributed by atoms with E-state index in [1.54, 1.807) is 25.7 Å². The van der Waals surface area contributed by atoms with E-state index in [0.717, 1.165) is 64.2 Å². The molecule has 0 spiro atoms. The summed E-state index contributed by atoms with van der Waals surface area (Å²) in [6.07, 6.45) is 9.68. The Morgan fingerprint density at radius 2 is 0.711 bits per heavy atom. The number of rotatable bonds is 67. The summed E-state index contributed by atoms with van der Waals surface area (Å²) in [5.74, 6) is -1.48. The molecule has 17 atom stereocenters. The van der Waals surface area contributed by atoms with Crippen LogP contribution in [-0.4, -0.2) is 294 Å². The number of β-amino-alcohol motifs (C(OH)–C–C–N with tert-alkyl or cyclic N) is 1. The number of aliphatic hydroxyl groups is 10. The molecule has 114 heavy (non-hydrogen) atoms. The summed E-state index contributed by atoms with van der Waals surface area (Å²) in [6.45, 7) is 12.9. The van der Waals surface area contributed by atoms with Crippen LogP contribution in [0.1, 0.15) is 273 Å². The third kappa shape index (κ3) is 42.0. The van der Waals surface area contributed by atoms with Gasteiger partial charge in [0.15, 0.2) is 18.9 Å². The number of aliphatic hydroxyl groups excluding tert-OH is 10. The van der Waals surface area contributed by atoms with Gasteiger partial charge in [-0.3, -0.25) is 33.6 Å². The molecular formula is C84H151N3O27. The second-order valence-electron chi connectivity index (χ2n) is 33.5. The molecule has 30 heteroatoms. The summed E-state index contributed by atoms with van der Waals surface area (Å²) in [5.41, 5.74) is -1.03. The molecule has 0 aliphatic carbocycles. The third-order valence-electron chi connectivity index (χ3n) is 22.2. The number of hydrogen-bond acceptors (Lipinski definition) is 27. The van der Waals surface area contributed by atoms with Crippen molar-refractivity contribution in [1.29, 1.82) is 0 Å². The summed E-state index contributed by atoms with van der Waals surface area (Å²) in [5, 5.41) is 106. The van der Waals surface area contributed by atoms with E-state index in [1.165, 1.54) is 0 Å². The molecule has 30 nitrogen and oxygen atoms in total. The van der Waals surface area contributed by atoms with Crippen molar-refractivity contribution in [3.63, 3.8) is 0 Å². The van der Waals surface area contributed by atoms with Gasteiger partial charge >= 0.3 is 0 Å². The van der Waals surface area contributed by atoms with Crippen molar-refractivity contribution in [2.24, 2.45) is 23.2 Å². The molecule has 664 valence electrons. The minimum atomic E-state index is -1.22. The quantitative estimate of drug-likeness (QED) is 0.0300. The highest BCUT2D eigenvalue weighted by atomic mass is 16.7. The standard InChI is InChI=1S/C84H151N3O27/c1-59-74(99)77(102)68(52-88)112-80(59)108-44-26-22-34-63(91)30-17-15-19-32-65(93)38-47-105-56-84(41-25-14-12-10-8-7-9-11-13-21-37-73(98)87-51-67(95)50-62(87)55-111-83(4,5)6,57-106-48-39-66(94)33-20-16-18-31-64(92)35-23-27-45-109-81-60(2)75(100)78(103)69(53-89)113-81)58-107-49-40-72(97)86-43-29-42-85-71(96)36-24-28-46-110-82-61(3)76(101)79(104)70(54-90)114-82/h59-62,67-70,74-82,88-90,95,99-104H,7-58H2,1-6H3,(H,85,96)(H,86,97)/t59?,60?,61?,62-,67+,68?,69?,70?,74?,75?,76?,77?,78?,79?,80?,81?,82?,84?/m0/s1. The topological polar surface area (TPSA) is 441 Å². The van der Waals surface area contributed by atoms with Crippen LogP contribution in [0.5, 0.6) is 0 Å². The van der Waals surface area contributed by atoms with Gasteiger partial charge in [0.25, 0.3) is 0 Å². The van der Waals surface area contributed by atoms with E-state index in [1.807, 2.05) is 20.8 Å². The molecule has 0 saturated carbocycles. The van der Waals surface area contributed by atoms with Gasteiger partial charge in [-0.05, 0) is 111 Å². The highest BCUT2D eigenvalue weighted by Gasteiger charge is 2.45. The number of nitrogens with one attached hydrogen (secondary N) is 2. The van der Waals surface area contributed by atoms with Crippen LogP contribution in [0.3, 0.4) is 0 Å². The van der Waals surface area contributed by atoms with Gasteiger partial charge in [0.2, 0.25) is 17.7 Å². The maximum Gasteiger partial charge on any atom is 0.222 e. The average Bonchev–Trinajstić information content (AvgIpc) is 0.886. The van der Waals surface area contributed by atoms with Crippen molar-refractivity contribution in [3.8, 4) is 0 Å². The lowest BCUT2D eigenvalue weighted by Gasteiger charge is -2.40. The van der Waals surface area contributed by atoms with Crippen LogP contribution in [0.15, 0.2) is 0 Å². The van der Waals surface area contributed by atoms with E-state index in [9.17, 15) is 84.6 Å². The molecule has 4 aliphatic heterocycles. The molecule has 15 unspecified atom stereocenters. The van der Waals surface area contributed by atoms with Crippen LogP contribution >= 0.6 is 0 Å².